The van der Waals surface area contributed by atoms with Gasteiger partial charge in [-0.05, 0) is 24.7 Å². The Labute approximate surface area is 113 Å². The van der Waals surface area contributed by atoms with Gasteiger partial charge in [-0.1, -0.05) is 0 Å². The number of hydrogen-bond donors (Lipinski definition) is 1. The summed E-state index contributed by atoms with van der Waals surface area (Å²) in [4.78, 5) is 11.0. The topological polar surface area (TPSA) is 60.0 Å². The van der Waals surface area contributed by atoms with Gasteiger partial charge in [0, 0.05) is 38.4 Å². The SMILES string of the molecule is CN1C(CN)Cc2ncn(C)c2C1c1ccncc1. The molecule has 5 nitrogen and oxygen atoms in total. The summed E-state index contributed by atoms with van der Waals surface area (Å²) in [5.41, 5.74) is 9.57. The van der Waals surface area contributed by atoms with E-state index in [1.807, 2.05) is 18.7 Å². The third-order valence-electron chi connectivity index (χ3n) is 4.03. The summed E-state index contributed by atoms with van der Waals surface area (Å²) in [5, 5.41) is 0. The Hall–Kier alpha value is -1.72. The van der Waals surface area contributed by atoms with Gasteiger partial charge >= 0.3 is 0 Å². The van der Waals surface area contributed by atoms with Crippen LogP contribution in [0.3, 0.4) is 0 Å². The zero-order valence-corrected chi connectivity index (χ0v) is 11.3. The molecule has 0 aromatic carbocycles. The zero-order chi connectivity index (χ0) is 13.4. The van der Waals surface area contributed by atoms with Gasteiger partial charge < -0.3 is 10.3 Å². The largest absolute Gasteiger partial charge is 0.336 e. The molecule has 19 heavy (non-hydrogen) atoms. The van der Waals surface area contributed by atoms with Crippen molar-refractivity contribution < 1.29 is 0 Å². The first-order valence-corrected chi connectivity index (χ1v) is 6.54. The highest BCUT2D eigenvalue weighted by Gasteiger charge is 2.34. The molecule has 2 unspecified atom stereocenters. The predicted molar refractivity (Wildman–Crippen MR) is 73.6 cm³/mol. The van der Waals surface area contributed by atoms with Crippen molar-refractivity contribution in [2.24, 2.45) is 12.8 Å². The van der Waals surface area contributed by atoms with Crippen molar-refractivity contribution in [2.45, 2.75) is 18.5 Å². The molecule has 0 saturated carbocycles. The standard InChI is InChI=1S/C14H19N5/c1-18-9-17-12-7-11(8-15)19(2)13(14(12)18)10-3-5-16-6-4-10/h3-6,9,11,13H,7-8,15H2,1-2H3. The summed E-state index contributed by atoms with van der Waals surface area (Å²) in [7, 11) is 4.19. The summed E-state index contributed by atoms with van der Waals surface area (Å²) in [6.07, 6.45) is 6.49. The fraction of sp³-hybridized carbons (Fsp3) is 0.429. The van der Waals surface area contributed by atoms with Crippen LogP contribution in [0.4, 0.5) is 0 Å². The monoisotopic (exact) mass is 257 g/mol. The molecule has 5 heteroatoms. The highest BCUT2D eigenvalue weighted by atomic mass is 15.2. The van der Waals surface area contributed by atoms with Crippen LogP contribution in [0.15, 0.2) is 30.9 Å². The Morgan fingerprint density at radius 3 is 2.74 bits per heavy atom. The second-order valence-corrected chi connectivity index (χ2v) is 5.13. The minimum absolute atomic E-state index is 0.202. The Kier molecular flexibility index (Phi) is 3.08. The zero-order valence-electron chi connectivity index (χ0n) is 11.3. The molecule has 3 heterocycles. The Bertz CT molecular complexity index is 562. The quantitative estimate of drug-likeness (QED) is 0.861. The molecule has 2 aromatic heterocycles. The van der Waals surface area contributed by atoms with Crippen molar-refractivity contribution in [2.75, 3.05) is 13.6 Å². The lowest BCUT2D eigenvalue weighted by Gasteiger charge is -2.39. The van der Waals surface area contributed by atoms with Crippen LogP contribution in [0.5, 0.6) is 0 Å². The number of pyridine rings is 1. The second kappa shape index (κ2) is 4.75. The molecule has 0 amide bonds. The molecule has 0 aliphatic carbocycles. The summed E-state index contributed by atoms with van der Waals surface area (Å²) >= 11 is 0. The van der Waals surface area contributed by atoms with Crippen molar-refractivity contribution in [3.05, 3.63) is 47.8 Å². The van der Waals surface area contributed by atoms with Crippen molar-refractivity contribution in [3.8, 4) is 0 Å². The van der Waals surface area contributed by atoms with Gasteiger partial charge in [0.05, 0.1) is 23.8 Å². The molecule has 0 fully saturated rings. The number of nitrogens with two attached hydrogens (primary N) is 1. The molecular formula is C14H19N5. The number of likely N-dealkylation sites (N-methyl/N-ethyl adjacent to an activating group) is 1. The predicted octanol–water partition coefficient (Wildman–Crippen LogP) is 0.720. The molecule has 100 valence electrons. The van der Waals surface area contributed by atoms with Gasteiger partial charge in [-0.3, -0.25) is 9.88 Å². The van der Waals surface area contributed by atoms with Crippen LogP contribution in [0.25, 0.3) is 0 Å². The summed E-state index contributed by atoms with van der Waals surface area (Å²) < 4.78 is 2.11. The highest BCUT2D eigenvalue weighted by molar-refractivity contribution is 5.33. The molecule has 0 saturated heterocycles. The summed E-state index contributed by atoms with van der Waals surface area (Å²) in [5.74, 6) is 0. The van der Waals surface area contributed by atoms with Crippen molar-refractivity contribution in [1.29, 1.82) is 0 Å². The van der Waals surface area contributed by atoms with Crippen LogP contribution in [0.2, 0.25) is 0 Å². The lowest BCUT2D eigenvalue weighted by atomic mass is 9.92. The number of rotatable bonds is 2. The summed E-state index contributed by atoms with van der Waals surface area (Å²) in [6.45, 7) is 0.647. The van der Waals surface area contributed by atoms with E-state index < -0.39 is 0 Å². The van der Waals surface area contributed by atoms with Crippen molar-refractivity contribution >= 4 is 0 Å². The van der Waals surface area contributed by atoms with Gasteiger partial charge in [-0.25, -0.2) is 4.98 Å². The molecule has 0 radical (unpaired) electrons. The molecule has 2 aromatic rings. The van der Waals surface area contributed by atoms with E-state index in [-0.39, 0.29) is 6.04 Å². The molecule has 3 rings (SSSR count). The number of aromatic nitrogens is 3. The summed E-state index contributed by atoms with van der Waals surface area (Å²) in [6, 6.07) is 4.67. The maximum Gasteiger partial charge on any atom is 0.0949 e. The molecule has 2 atom stereocenters. The van der Waals surface area contributed by atoms with E-state index in [1.54, 1.807) is 0 Å². The first-order valence-electron chi connectivity index (χ1n) is 6.54. The van der Waals surface area contributed by atoms with Crippen LogP contribution in [0, 0.1) is 0 Å². The van der Waals surface area contributed by atoms with Gasteiger partial charge in [0.1, 0.15) is 0 Å². The smallest absolute Gasteiger partial charge is 0.0949 e. The van der Waals surface area contributed by atoms with Gasteiger partial charge in [-0.15, -0.1) is 0 Å². The maximum absolute atomic E-state index is 5.91. The average Bonchev–Trinajstić information content (AvgIpc) is 2.80. The van der Waals surface area contributed by atoms with Crippen LogP contribution in [-0.4, -0.2) is 39.1 Å². The maximum atomic E-state index is 5.91. The van der Waals surface area contributed by atoms with Crippen molar-refractivity contribution in [3.63, 3.8) is 0 Å². The molecule has 2 N–H and O–H groups in total. The van der Waals surface area contributed by atoms with E-state index in [9.17, 15) is 0 Å². The minimum Gasteiger partial charge on any atom is -0.336 e. The lowest BCUT2D eigenvalue weighted by molar-refractivity contribution is 0.177. The van der Waals surface area contributed by atoms with E-state index >= 15 is 0 Å². The number of fused-ring (bicyclic) bond motifs is 1. The van der Waals surface area contributed by atoms with Crippen molar-refractivity contribution in [1.82, 2.24) is 19.4 Å². The normalized spacial score (nSPS) is 23.3. The van der Waals surface area contributed by atoms with E-state index in [1.165, 1.54) is 11.3 Å². The number of aryl methyl sites for hydroxylation is 1. The van der Waals surface area contributed by atoms with Crippen LogP contribution >= 0.6 is 0 Å². The van der Waals surface area contributed by atoms with Gasteiger partial charge in [-0.2, -0.15) is 0 Å². The molecule has 1 aliphatic rings. The molecule has 0 bridgehead atoms. The third kappa shape index (κ3) is 1.95. The van der Waals surface area contributed by atoms with Crippen LogP contribution < -0.4 is 5.73 Å². The molecular weight excluding hydrogens is 238 g/mol. The minimum atomic E-state index is 0.202. The average molecular weight is 257 g/mol. The third-order valence-corrected chi connectivity index (χ3v) is 4.03. The van der Waals surface area contributed by atoms with Crippen LogP contribution in [-0.2, 0) is 13.5 Å². The van der Waals surface area contributed by atoms with E-state index in [0.29, 0.717) is 12.6 Å². The van der Waals surface area contributed by atoms with Gasteiger partial charge in [0.15, 0.2) is 0 Å². The lowest BCUT2D eigenvalue weighted by Crippen LogP contribution is -2.46. The highest BCUT2D eigenvalue weighted by Crippen LogP contribution is 2.35. The second-order valence-electron chi connectivity index (χ2n) is 5.13. The Morgan fingerprint density at radius 1 is 1.32 bits per heavy atom. The molecule has 1 aliphatic heterocycles. The van der Waals surface area contributed by atoms with E-state index in [0.717, 1.165) is 12.1 Å². The number of imidazole rings is 1. The van der Waals surface area contributed by atoms with E-state index in [2.05, 4.69) is 45.7 Å². The molecule has 0 spiro atoms. The fourth-order valence-corrected chi connectivity index (χ4v) is 2.96. The van der Waals surface area contributed by atoms with E-state index in [4.69, 9.17) is 5.73 Å². The number of hydrogen-bond acceptors (Lipinski definition) is 4. The first-order chi connectivity index (χ1) is 9.22. The Balaban J connectivity index is 2.12. The Morgan fingerprint density at radius 2 is 2.05 bits per heavy atom. The first kappa shape index (κ1) is 12.3. The fourth-order valence-electron chi connectivity index (χ4n) is 2.96. The van der Waals surface area contributed by atoms with Gasteiger partial charge in [0.25, 0.3) is 0 Å². The number of nitrogens with zero attached hydrogens (tertiary/aromatic N) is 4. The van der Waals surface area contributed by atoms with Gasteiger partial charge in [0.2, 0.25) is 0 Å². The van der Waals surface area contributed by atoms with Crippen LogP contribution in [0.1, 0.15) is 23.0 Å².